The van der Waals surface area contributed by atoms with E-state index in [0.29, 0.717) is 5.92 Å². The molecule has 0 unspecified atom stereocenters. The monoisotopic (exact) mass is 291 g/mol. The Balaban J connectivity index is 1.56. The summed E-state index contributed by atoms with van der Waals surface area (Å²) in [6, 6.07) is 14.0. The highest BCUT2D eigenvalue weighted by Gasteiger charge is 2.33. The summed E-state index contributed by atoms with van der Waals surface area (Å²) in [6.45, 7) is 1.50. The lowest BCUT2D eigenvalue weighted by Gasteiger charge is -2.38. The normalized spacial score (nSPS) is 15.0. The number of hydrogen-bond donors (Lipinski definition) is 0. The molecule has 3 heterocycles. The molecule has 0 N–H and O–H groups in total. The predicted octanol–water partition coefficient (Wildman–Crippen LogP) is 2.81. The van der Waals surface area contributed by atoms with Gasteiger partial charge >= 0.3 is 0 Å². The second-order valence-corrected chi connectivity index (χ2v) is 5.83. The molecule has 0 atom stereocenters. The van der Waals surface area contributed by atoms with E-state index in [1.165, 1.54) is 0 Å². The Morgan fingerprint density at radius 1 is 1.14 bits per heavy atom. The number of rotatable bonds is 2. The van der Waals surface area contributed by atoms with Gasteiger partial charge in [0.05, 0.1) is 5.56 Å². The molecule has 0 spiro atoms. The molecule has 3 aromatic rings. The molecule has 2 aromatic heterocycles. The molecule has 1 aliphatic rings. The summed E-state index contributed by atoms with van der Waals surface area (Å²) in [5.41, 5.74) is 2.95. The van der Waals surface area contributed by atoms with Crippen LogP contribution in [0.25, 0.3) is 10.9 Å². The summed E-state index contributed by atoms with van der Waals surface area (Å²) in [7, 11) is 1.98. The molecule has 0 radical (unpaired) electrons. The number of pyridine rings is 1. The van der Waals surface area contributed by atoms with E-state index in [4.69, 9.17) is 0 Å². The SMILES string of the molecule is Cn1cc(C(=O)N2CC(c3ccccn3)C2)c2ccccc21. The zero-order chi connectivity index (χ0) is 15.1. The first-order chi connectivity index (χ1) is 10.7. The molecule has 1 aliphatic heterocycles. The van der Waals surface area contributed by atoms with E-state index in [1.54, 1.807) is 0 Å². The van der Waals surface area contributed by atoms with Crippen LogP contribution in [-0.4, -0.2) is 33.4 Å². The topological polar surface area (TPSA) is 38.1 Å². The molecule has 1 aromatic carbocycles. The van der Waals surface area contributed by atoms with Crippen molar-refractivity contribution in [2.45, 2.75) is 5.92 Å². The first kappa shape index (κ1) is 13.1. The number of carbonyl (C=O) groups is 1. The number of aromatic nitrogens is 2. The van der Waals surface area contributed by atoms with E-state index in [1.807, 2.05) is 71.4 Å². The van der Waals surface area contributed by atoms with Gasteiger partial charge in [0.25, 0.3) is 5.91 Å². The summed E-state index contributed by atoms with van der Waals surface area (Å²) in [6.07, 6.45) is 3.74. The van der Waals surface area contributed by atoms with E-state index in [2.05, 4.69) is 4.98 Å². The Morgan fingerprint density at radius 2 is 1.91 bits per heavy atom. The number of amides is 1. The lowest BCUT2D eigenvalue weighted by molar-refractivity contribution is 0.0600. The van der Waals surface area contributed by atoms with Crippen LogP contribution in [0.5, 0.6) is 0 Å². The summed E-state index contributed by atoms with van der Waals surface area (Å²) < 4.78 is 2.01. The molecule has 0 bridgehead atoms. The number of benzene rings is 1. The van der Waals surface area contributed by atoms with Gasteiger partial charge in [0.15, 0.2) is 0 Å². The Kier molecular flexibility index (Phi) is 2.96. The quantitative estimate of drug-likeness (QED) is 0.728. The van der Waals surface area contributed by atoms with Gasteiger partial charge in [-0.3, -0.25) is 9.78 Å². The van der Waals surface area contributed by atoms with Crippen LogP contribution in [0.1, 0.15) is 22.0 Å². The molecule has 4 rings (SSSR count). The second-order valence-electron chi connectivity index (χ2n) is 5.83. The Labute approximate surface area is 129 Å². The van der Waals surface area contributed by atoms with Crippen molar-refractivity contribution in [1.82, 2.24) is 14.5 Å². The summed E-state index contributed by atoms with van der Waals surface area (Å²) in [5.74, 6) is 0.476. The molecule has 0 aliphatic carbocycles. The number of carbonyl (C=O) groups excluding carboxylic acids is 1. The maximum atomic E-state index is 12.7. The fourth-order valence-corrected chi connectivity index (χ4v) is 3.13. The lowest BCUT2D eigenvalue weighted by atomic mass is 9.95. The van der Waals surface area contributed by atoms with Crippen LogP contribution in [-0.2, 0) is 7.05 Å². The van der Waals surface area contributed by atoms with Crippen molar-refractivity contribution >= 4 is 16.8 Å². The summed E-state index contributed by atoms with van der Waals surface area (Å²) >= 11 is 0. The lowest BCUT2D eigenvalue weighted by Crippen LogP contribution is -2.48. The second kappa shape index (κ2) is 4.98. The van der Waals surface area contributed by atoms with Gasteiger partial charge in [0.2, 0.25) is 0 Å². The van der Waals surface area contributed by atoms with Crippen LogP contribution in [0.2, 0.25) is 0 Å². The van der Waals surface area contributed by atoms with Crippen molar-refractivity contribution in [3.05, 3.63) is 66.1 Å². The molecule has 1 fully saturated rings. The minimum atomic E-state index is 0.115. The smallest absolute Gasteiger partial charge is 0.256 e. The third-order valence-corrected chi connectivity index (χ3v) is 4.40. The third-order valence-electron chi connectivity index (χ3n) is 4.40. The van der Waals surface area contributed by atoms with Gasteiger partial charge in [-0.15, -0.1) is 0 Å². The first-order valence-electron chi connectivity index (χ1n) is 7.48. The first-order valence-corrected chi connectivity index (χ1v) is 7.48. The number of aryl methyl sites for hydroxylation is 1. The third kappa shape index (κ3) is 1.99. The number of fused-ring (bicyclic) bond motifs is 1. The van der Waals surface area contributed by atoms with Crippen molar-refractivity contribution in [3.8, 4) is 0 Å². The highest BCUT2D eigenvalue weighted by Crippen LogP contribution is 2.29. The number of hydrogen-bond acceptors (Lipinski definition) is 2. The summed E-state index contributed by atoms with van der Waals surface area (Å²) in [5, 5.41) is 1.02. The molecule has 1 amide bonds. The molecule has 0 saturated carbocycles. The zero-order valence-electron chi connectivity index (χ0n) is 12.4. The van der Waals surface area contributed by atoms with Gasteiger partial charge in [-0.2, -0.15) is 0 Å². The Bertz CT molecular complexity index is 832. The van der Waals surface area contributed by atoms with E-state index in [-0.39, 0.29) is 5.91 Å². The van der Waals surface area contributed by atoms with Gasteiger partial charge in [-0.05, 0) is 18.2 Å². The van der Waals surface area contributed by atoms with Gasteiger partial charge in [0, 0.05) is 55.0 Å². The number of nitrogens with zero attached hydrogens (tertiary/aromatic N) is 3. The zero-order valence-corrected chi connectivity index (χ0v) is 12.4. The molecule has 4 heteroatoms. The van der Waals surface area contributed by atoms with Crippen LogP contribution in [0.15, 0.2) is 54.9 Å². The van der Waals surface area contributed by atoms with E-state index in [0.717, 1.165) is 35.2 Å². The fraction of sp³-hybridized carbons (Fsp3) is 0.222. The average molecular weight is 291 g/mol. The van der Waals surface area contributed by atoms with E-state index in [9.17, 15) is 4.79 Å². The largest absolute Gasteiger partial charge is 0.350 e. The average Bonchev–Trinajstić information content (AvgIpc) is 2.85. The van der Waals surface area contributed by atoms with Crippen LogP contribution in [0, 0.1) is 0 Å². The Hall–Kier alpha value is -2.62. The van der Waals surface area contributed by atoms with Gasteiger partial charge < -0.3 is 9.47 Å². The van der Waals surface area contributed by atoms with Crippen LogP contribution in [0.3, 0.4) is 0 Å². The highest BCUT2D eigenvalue weighted by molar-refractivity contribution is 6.07. The number of likely N-dealkylation sites (tertiary alicyclic amines) is 1. The van der Waals surface area contributed by atoms with Crippen molar-refractivity contribution in [2.75, 3.05) is 13.1 Å². The maximum Gasteiger partial charge on any atom is 0.256 e. The van der Waals surface area contributed by atoms with Gasteiger partial charge in [-0.1, -0.05) is 24.3 Å². The summed E-state index contributed by atoms with van der Waals surface area (Å²) in [4.78, 5) is 19.0. The standard InChI is InChI=1S/C18H17N3O/c1-20-12-15(14-6-2-3-8-17(14)20)18(22)21-10-13(11-21)16-7-4-5-9-19-16/h2-9,12-13H,10-11H2,1H3. The minimum Gasteiger partial charge on any atom is -0.350 e. The van der Waals surface area contributed by atoms with Crippen LogP contribution < -0.4 is 0 Å². The highest BCUT2D eigenvalue weighted by atomic mass is 16.2. The van der Waals surface area contributed by atoms with Crippen molar-refractivity contribution in [2.24, 2.45) is 7.05 Å². The molecule has 4 nitrogen and oxygen atoms in total. The van der Waals surface area contributed by atoms with E-state index >= 15 is 0 Å². The predicted molar refractivity (Wildman–Crippen MR) is 85.8 cm³/mol. The van der Waals surface area contributed by atoms with E-state index < -0.39 is 0 Å². The minimum absolute atomic E-state index is 0.115. The van der Waals surface area contributed by atoms with Crippen molar-refractivity contribution in [1.29, 1.82) is 0 Å². The van der Waals surface area contributed by atoms with Gasteiger partial charge in [0.1, 0.15) is 0 Å². The molecule has 22 heavy (non-hydrogen) atoms. The number of para-hydroxylation sites is 1. The Morgan fingerprint density at radius 3 is 2.68 bits per heavy atom. The van der Waals surface area contributed by atoms with Crippen LogP contribution in [0.4, 0.5) is 0 Å². The fourth-order valence-electron chi connectivity index (χ4n) is 3.13. The van der Waals surface area contributed by atoms with Crippen LogP contribution >= 0.6 is 0 Å². The molecular weight excluding hydrogens is 274 g/mol. The molecular formula is C18H17N3O. The van der Waals surface area contributed by atoms with Crippen molar-refractivity contribution in [3.63, 3.8) is 0 Å². The molecule has 110 valence electrons. The van der Waals surface area contributed by atoms with Gasteiger partial charge in [-0.25, -0.2) is 0 Å². The molecule has 1 saturated heterocycles. The maximum absolute atomic E-state index is 12.7. The van der Waals surface area contributed by atoms with Crippen molar-refractivity contribution < 1.29 is 4.79 Å².